The van der Waals surface area contributed by atoms with Crippen LogP contribution in [0.25, 0.3) is 0 Å². The minimum absolute atomic E-state index is 0.0308. The number of aliphatic hydroxyl groups is 1. The lowest BCUT2D eigenvalue weighted by molar-refractivity contribution is 0.0563. The molecule has 0 spiro atoms. The van der Waals surface area contributed by atoms with E-state index in [1.54, 1.807) is 19.5 Å². The first kappa shape index (κ1) is 13.9. The van der Waals surface area contributed by atoms with Crippen LogP contribution in [0.2, 0.25) is 0 Å². The zero-order chi connectivity index (χ0) is 12.7. The van der Waals surface area contributed by atoms with Gasteiger partial charge in [0.2, 0.25) is 0 Å². The highest BCUT2D eigenvalue weighted by Gasteiger charge is 2.17. The van der Waals surface area contributed by atoms with Crippen LogP contribution < -0.4 is 4.74 Å². The lowest BCUT2D eigenvalue weighted by atomic mass is 9.99. The minimum atomic E-state index is -0.576. The van der Waals surface area contributed by atoms with Gasteiger partial charge in [0, 0.05) is 24.8 Å². The molecule has 1 N–H and O–H groups in total. The number of hydrogen-bond donors (Lipinski definition) is 1. The standard InChI is InChI=1S/C13H21NO3/c1-4-5-17-12-6-11(7-14-8-12)13(15)10(2)9-16-3/h6-8,10,13,15H,4-5,9H2,1-3H3. The quantitative estimate of drug-likeness (QED) is 0.792. The van der Waals surface area contributed by atoms with Gasteiger partial charge in [0.1, 0.15) is 5.75 Å². The molecule has 1 rings (SSSR count). The second-order valence-electron chi connectivity index (χ2n) is 4.18. The van der Waals surface area contributed by atoms with Gasteiger partial charge in [-0.3, -0.25) is 4.98 Å². The SMILES string of the molecule is CCCOc1cncc(C(O)C(C)COC)c1. The first-order chi connectivity index (χ1) is 8.19. The maximum Gasteiger partial charge on any atom is 0.137 e. The van der Waals surface area contributed by atoms with Crippen molar-refractivity contribution in [3.63, 3.8) is 0 Å². The maximum absolute atomic E-state index is 10.1. The van der Waals surface area contributed by atoms with E-state index < -0.39 is 6.10 Å². The first-order valence-electron chi connectivity index (χ1n) is 5.93. The Morgan fingerprint density at radius 3 is 2.82 bits per heavy atom. The number of hydrogen-bond acceptors (Lipinski definition) is 4. The molecule has 0 radical (unpaired) electrons. The Balaban J connectivity index is 2.69. The van der Waals surface area contributed by atoms with Crippen LogP contribution in [-0.2, 0) is 4.74 Å². The lowest BCUT2D eigenvalue weighted by Crippen LogP contribution is -2.14. The predicted molar refractivity (Wildman–Crippen MR) is 66.0 cm³/mol. The summed E-state index contributed by atoms with van der Waals surface area (Å²) in [4.78, 5) is 4.08. The van der Waals surface area contributed by atoms with Crippen molar-refractivity contribution >= 4 is 0 Å². The van der Waals surface area contributed by atoms with Gasteiger partial charge in [0.25, 0.3) is 0 Å². The molecule has 1 aromatic heterocycles. The number of aliphatic hydroxyl groups excluding tert-OH is 1. The van der Waals surface area contributed by atoms with Crippen LogP contribution in [0.3, 0.4) is 0 Å². The summed E-state index contributed by atoms with van der Waals surface area (Å²) in [7, 11) is 1.63. The van der Waals surface area contributed by atoms with Gasteiger partial charge in [-0.15, -0.1) is 0 Å². The Morgan fingerprint density at radius 2 is 2.18 bits per heavy atom. The predicted octanol–water partition coefficient (Wildman–Crippen LogP) is 2.19. The largest absolute Gasteiger partial charge is 0.492 e. The van der Waals surface area contributed by atoms with Crippen LogP contribution in [0.1, 0.15) is 31.9 Å². The molecule has 0 amide bonds. The van der Waals surface area contributed by atoms with Crippen molar-refractivity contribution in [2.45, 2.75) is 26.4 Å². The van der Waals surface area contributed by atoms with Crippen LogP contribution >= 0.6 is 0 Å². The summed E-state index contributed by atoms with van der Waals surface area (Å²) in [6.45, 7) is 5.16. The maximum atomic E-state index is 10.1. The van der Waals surface area contributed by atoms with Crippen LogP contribution in [0, 0.1) is 5.92 Å². The molecule has 2 unspecified atom stereocenters. The van der Waals surface area contributed by atoms with Gasteiger partial charge in [0.15, 0.2) is 0 Å². The third-order valence-electron chi connectivity index (χ3n) is 2.52. The molecule has 0 bridgehead atoms. The molecular formula is C13H21NO3. The van der Waals surface area contributed by atoms with Gasteiger partial charge in [0.05, 0.1) is 25.5 Å². The normalized spacial score (nSPS) is 14.4. The summed E-state index contributed by atoms with van der Waals surface area (Å²) in [6.07, 6.45) is 3.70. The number of ether oxygens (including phenoxy) is 2. The number of pyridine rings is 1. The van der Waals surface area contributed by atoms with Gasteiger partial charge in [-0.05, 0) is 12.5 Å². The van der Waals surface area contributed by atoms with Crippen LogP contribution in [0.5, 0.6) is 5.75 Å². The van der Waals surface area contributed by atoms with Crippen LogP contribution in [0.15, 0.2) is 18.5 Å². The van der Waals surface area contributed by atoms with Crippen molar-refractivity contribution in [3.8, 4) is 5.75 Å². The highest BCUT2D eigenvalue weighted by molar-refractivity contribution is 5.25. The molecule has 96 valence electrons. The van der Waals surface area contributed by atoms with Crippen molar-refractivity contribution in [1.29, 1.82) is 0 Å². The molecule has 0 aromatic carbocycles. The number of methoxy groups -OCH3 is 1. The smallest absolute Gasteiger partial charge is 0.137 e. The summed E-state index contributed by atoms with van der Waals surface area (Å²) in [5, 5.41) is 10.1. The third kappa shape index (κ3) is 4.32. The zero-order valence-electron chi connectivity index (χ0n) is 10.7. The zero-order valence-corrected chi connectivity index (χ0v) is 10.7. The summed E-state index contributed by atoms with van der Waals surface area (Å²) in [5.41, 5.74) is 0.767. The van der Waals surface area contributed by atoms with E-state index in [1.165, 1.54) is 0 Å². The molecule has 17 heavy (non-hydrogen) atoms. The Bertz CT molecular complexity index is 330. The van der Waals surface area contributed by atoms with Crippen LogP contribution in [0.4, 0.5) is 0 Å². The van der Waals surface area contributed by atoms with Crippen molar-refractivity contribution in [2.75, 3.05) is 20.3 Å². The van der Waals surface area contributed by atoms with Gasteiger partial charge >= 0.3 is 0 Å². The van der Waals surface area contributed by atoms with E-state index in [4.69, 9.17) is 9.47 Å². The highest BCUT2D eigenvalue weighted by atomic mass is 16.5. The van der Waals surface area contributed by atoms with E-state index in [9.17, 15) is 5.11 Å². The average molecular weight is 239 g/mol. The average Bonchev–Trinajstić information content (AvgIpc) is 2.36. The fourth-order valence-electron chi connectivity index (χ4n) is 1.58. The van der Waals surface area contributed by atoms with Crippen molar-refractivity contribution in [3.05, 3.63) is 24.0 Å². The monoisotopic (exact) mass is 239 g/mol. The minimum Gasteiger partial charge on any atom is -0.492 e. The third-order valence-corrected chi connectivity index (χ3v) is 2.52. The highest BCUT2D eigenvalue weighted by Crippen LogP contribution is 2.24. The topological polar surface area (TPSA) is 51.6 Å². The van der Waals surface area contributed by atoms with E-state index >= 15 is 0 Å². The second-order valence-corrected chi connectivity index (χ2v) is 4.18. The van der Waals surface area contributed by atoms with Gasteiger partial charge in [-0.2, -0.15) is 0 Å². The Kier molecular flexibility index (Phi) is 5.94. The lowest BCUT2D eigenvalue weighted by Gasteiger charge is -2.18. The number of nitrogens with zero attached hydrogens (tertiary/aromatic N) is 1. The Labute approximate surface area is 103 Å². The molecule has 1 aromatic rings. The fraction of sp³-hybridized carbons (Fsp3) is 0.615. The summed E-state index contributed by atoms with van der Waals surface area (Å²) < 4.78 is 10.5. The number of aromatic nitrogens is 1. The molecule has 0 fully saturated rings. The Hall–Kier alpha value is -1.13. The summed E-state index contributed by atoms with van der Waals surface area (Å²) in [5.74, 6) is 0.733. The van der Waals surface area contributed by atoms with Gasteiger partial charge in [-0.1, -0.05) is 13.8 Å². The summed E-state index contributed by atoms with van der Waals surface area (Å²) >= 11 is 0. The molecule has 0 aliphatic carbocycles. The van der Waals surface area contributed by atoms with E-state index in [0.29, 0.717) is 19.0 Å². The molecule has 2 atom stereocenters. The van der Waals surface area contributed by atoms with Gasteiger partial charge in [-0.25, -0.2) is 0 Å². The molecular weight excluding hydrogens is 218 g/mol. The van der Waals surface area contributed by atoms with Crippen molar-refractivity contribution < 1.29 is 14.6 Å². The van der Waals surface area contributed by atoms with E-state index in [-0.39, 0.29) is 5.92 Å². The molecule has 0 saturated heterocycles. The molecule has 0 aliphatic rings. The Morgan fingerprint density at radius 1 is 1.41 bits per heavy atom. The van der Waals surface area contributed by atoms with Crippen LogP contribution in [-0.4, -0.2) is 30.4 Å². The molecule has 1 heterocycles. The fourth-order valence-corrected chi connectivity index (χ4v) is 1.58. The van der Waals surface area contributed by atoms with Crippen molar-refractivity contribution in [2.24, 2.45) is 5.92 Å². The van der Waals surface area contributed by atoms with E-state index in [2.05, 4.69) is 4.98 Å². The van der Waals surface area contributed by atoms with E-state index in [1.807, 2.05) is 19.9 Å². The summed E-state index contributed by atoms with van der Waals surface area (Å²) in [6, 6.07) is 1.83. The molecule has 4 heteroatoms. The van der Waals surface area contributed by atoms with E-state index in [0.717, 1.165) is 12.0 Å². The van der Waals surface area contributed by atoms with Crippen molar-refractivity contribution in [1.82, 2.24) is 4.98 Å². The second kappa shape index (κ2) is 7.25. The first-order valence-corrected chi connectivity index (χ1v) is 5.93. The molecule has 0 aliphatic heterocycles. The van der Waals surface area contributed by atoms with Gasteiger partial charge < -0.3 is 14.6 Å². The number of rotatable bonds is 7. The molecule has 0 saturated carbocycles. The molecule has 4 nitrogen and oxygen atoms in total.